The zero-order valence-corrected chi connectivity index (χ0v) is 12.6. The van der Waals surface area contributed by atoms with Gasteiger partial charge in [-0.1, -0.05) is 18.2 Å². The molecule has 0 spiro atoms. The second-order valence-corrected chi connectivity index (χ2v) is 5.99. The third kappa shape index (κ3) is 2.82. The van der Waals surface area contributed by atoms with Crippen LogP contribution in [0.1, 0.15) is 5.56 Å². The van der Waals surface area contributed by atoms with Crippen molar-refractivity contribution < 1.29 is 14.0 Å². The molecular weight excluding hydrogens is 303 g/mol. The number of imide groups is 1. The summed E-state index contributed by atoms with van der Waals surface area (Å²) in [5, 5.41) is 1.79. The van der Waals surface area contributed by atoms with Gasteiger partial charge < -0.3 is 5.32 Å². The van der Waals surface area contributed by atoms with Crippen molar-refractivity contribution in [2.24, 2.45) is 0 Å². The number of hydrogen-bond acceptors (Lipinski definition) is 4. The third-order valence-electron chi connectivity index (χ3n) is 3.23. The predicted octanol–water partition coefficient (Wildman–Crippen LogP) is 3.77. The van der Waals surface area contributed by atoms with Crippen molar-refractivity contribution >= 4 is 34.3 Å². The first-order valence-electron chi connectivity index (χ1n) is 6.68. The summed E-state index contributed by atoms with van der Waals surface area (Å²) in [6.45, 7) is 1.89. The molecule has 0 aromatic heterocycles. The zero-order valence-electron chi connectivity index (χ0n) is 11.7. The van der Waals surface area contributed by atoms with Crippen molar-refractivity contribution in [1.29, 1.82) is 0 Å². The van der Waals surface area contributed by atoms with Gasteiger partial charge in [0, 0.05) is 5.69 Å². The molecule has 0 radical (unpaired) electrons. The number of anilines is 2. The van der Waals surface area contributed by atoms with Gasteiger partial charge in [0.05, 0.1) is 5.69 Å². The van der Waals surface area contributed by atoms with Gasteiger partial charge in [-0.25, -0.2) is 9.29 Å². The van der Waals surface area contributed by atoms with E-state index in [0.29, 0.717) is 11.4 Å². The molecule has 1 aliphatic heterocycles. The molecule has 2 aromatic rings. The average Bonchev–Trinajstić information content (AvgIpc) is 2.73. The van der Waals surface area contributed by atoms with E-state index >= 15 is 0 Å². The first-order valence-corrected chi connectivity index (χ1v) is 7.56. The van der Waals surface area contributed by atoms with Crippen molar-refractivity contribution in [1.82, 2.24) is 0 Å². The highest BCUT2D eigenvalue weighted by Crippen LogP contribution is 2.32. The normalized spacial score (nSPS) is 17.9. The zero-order chi connectivity index (χ0) is 15.7. The number of benzene rings is 2. The van der Waals surface area contributed by atoms with Crippen molar-refractivity contribution in [3.05, 3.63) is 59.9 Å². The summed E-state index contributed by atoms with van der Waals surface area (Å²) in [5.41, 5.74) is 1.97. The molecule has 0 bridgehead atoms. The fourth-order valence-corrected chi connectivity index (χ4v) is 3.14. The Labute approximate surface area is 131 Å². The Bertz CT molecular complexity index is 750. The molecule has 0 saturated carbocycles. The van der Waals surface area contributed by atoms with Gasteiger partial charge in [-0.3, -0.25) is 9.59 Å². The van der Waals surface area contributed by atoms with Gasteiger partial charge in [-0.2, -0.15) is 0 Å². The van der Waals surface area contributed by atoms with Gasteiger partial charge in [0.2, 0.25) is 0 Å². The molecule has 1 atom stereocenters. The van der Waals surface area contributed by atoms with Crippen LogP contribution < -0.4 is 10.2 Å². The fourth-order valence-electron chi connectivity index (χ4n) is 2.23. The van der Waals surface area contributed by atoms with Crippen molar-refractivity contribution in [2.45, 2.75) is 12.3 Å². The molecule has 0 aliphatic carbocycles. The van der Waals surface area contributed by atoms with Gasteiger partial charge in [0.25, 0.3) is 11.1 Å². The number of nitrogens with zero attached hydrogens (tertiary/aromatic N) is 1. The maximum atomic E-state index is 13.2. The highest BCUT2D eigenvalue weighted by Gasteiger charge is 2.40. The van der Waals surface area contributed by atoms with E-state index in [9.17, 15) is 14.0 Å². The molecular formula is C16H13FN2O2S. The Morgan fingerprint density at radius 3 is 2.64 bits per heavy atom. The van der Waals surface area contributed by atoms with Crippen LogP contribution >= 0.6 is 11.8 Å². The minimum atomic E-state index is -0.755. The number of rotatable bonds is 3. The number of carbonyl (C=O) groups excluding carboxylic acids is 2. The van der Waals surface area contributed by atoms with Crippen molar-refractivity contribution in [3.63, 3.8) is 0 Å². The van der Waals surface area contributed by atoms with Gasteiger partial charge >= 0.3 is 0 Å². The van der Waals surface area contributed by atoms with Crippen LogP contribution in [0, 0.1) is 12.7 Å². The highest BCUT2D eigenvalue weighted by atomic mass is 32.2. The second kappa shape index (κ2) is 5.81. The molecule has 1 heterocycles. The summed E-state index contributed by atoms with van der Waals surface area (Å²) in [6, 6.07) is 13.0. The van der Waals surface area contributed by atoms with Gasteiger partial charge in [-0.15, -0.1) is 0 Å². The van der Waals surface area contributed by atoms with E-state index in [1.807, 2.05) is 13.0 Å². The Hall–Kier alpha value is -2.34. The molecule has 3 rings (SSSR count). The molecule has 1 N–H and O–H groups in total. The van der Waals surface area contributed by atoms with Crippen LogP contribution in [0.3, 0.4) is 0 Å². The van der Waals surface area contributed by atoms with Crippen LogP contribution in [0.15, 0.2) is 48.5 Å². The number of nitrogens with one attached hydrogen (secondary N) is 1. The summed E-state index contributed by atoms with van der Waals surface area (Å²) >= 11 is 0.887. The number of aryl methyl sites for hydroxylation is 1. The molecule has 1 aliphatic rings. The molecule has 6 heteroatoms. The van der Waals surface area contributed by atoms with Gasteiger partial charge in [0.1, 0.15) is 5.82 Å². The van der Waals surface area contributed by atoms with E-state index in [2.05, 4.69) is 5.32 Å². The lowest BCUT2D eigenvalue weighted by atomic mass is 10.2. The number of hydrogen-bond donors (Lipinski definition) is 1. The van der Waals surface area contributed by atoms with E-state index in [0.717, 1.165) is 22.2 Å². The highest BCUT2D eigenvalue weighted by molar-refractivity contribution is 8.16. The average molecular weight is 316 g/mol. The molecule has 1 saturated heterocycles. The Kier molecular flexibility index (Phi) is 3.85. The number of amides is 2. The fraction of sp³-hybridized carbons (Fsp3) is 0.125. The smallest absolute Gasteiger partial charge is 0.295 e. The topological polar surface area (TPSA) is 49.4 Å². The van der Waals surface area contributed by atoms with Gasteiger partial charge in [-0.05, 0) is 54.6 Å². The van der Waals surface area contributed by atoms with Crippen LogP contribution in [0.2, 0.25) is 0 Å². The lowest BCUT2D eigenvalue weighted by Gasteiger charge is -2.15. The van der Waals surface area contributed by atoms with Gasteiger partial charge in [0.15, 0.2) is 5.37 Å². The Balaban J connectivity index is 1.82. The monoisotopic (exact) mass is 316 g/mol. The third-order valence-corrected chi connectivity index (χ3v) is 4.17. The minimum Gasteiger partial charge on any atom is -0.365 e. The van der Waals surface area contributed by atoms with Crippen LogP contribution in [0.4, 0.5) is 20.6 Å². The summed E-state index contributed by atoms with van der Waals surface area (Å²) in [7, 11) is 0. The van der Waals surface area contributed by atoms with Crippen molar-refractivity contribution in [3.8, 4) is 0 Å². The van der Waals surface area contributed by atoms with E-state index in [-0.39, 0.29) is 11.1 Å². The van der Waals surface area contributed by atoms with E-state index in [1.165, 1.54) is 12.1 Å². The Morgan fingerprint density at radius 2 is 1.91 bits per heavy atom. The van der Waals surface area contributed by atoms with Crippen molar-refractivity contribution in [2.75, 3.05) is 10.2 Å². The summed E-state index contributed by atoms with van der Waals surface area (Å²) in [4.78, 5) is 25.7. The maximum absolute atomic E-state index is 13.2. The predicted molar refractivity (Wildman–Crippen MR) is 85.5 cm³/mol. The molecule has 0 unspecified atom stereocenters. The SMILES string of the molecule is Cc1cccc(N2C(=O)S[C@@H](Nc3cccc(F)c3)C2=O)c1. The Morgan fingerprint density at radius 1 is 1.14 bits per heavy atom. The molecule has 4 nitrogen and oxygen atoms in total. The second-order valence-electron chi connectivity index (χ2n) is 4.93. The van der Waals surface area contributed by atoms with E-state index in [4.69, 9.17) is 0 Å². The quantitative estimate of drug-likeness (QED) is 0.936. The van der Waals surface area contributed by atoms with E-state index < -0.39 is 11.2 Å². The first-order chi connectivity index (χ1) is 10.5. The van der Waals surface area contributed by atoms with Crippen LogP contribution in [-0.4, -0.2) is 16.5 Å². The molecule has 2 amide bonds. The molecule has 22 heavy (non-hydrogen) atoms. The first kappa shape index (κ1) is 14.6. The largest absolute Gasteiger partial charge is 0.365 e. The number of thioether (sulfide) groups is 1. The summed E-state index contributed by atoms with van der Waals surface area (Å²) in [5.74, 6) is -0.757. The lowest BCUT2D eigenvalue weighted by molar-refractivity contribution is -0.116. The maximum Gasteiger partial charge on any atom is 0.295 e. The van der Waals surface area contributed by atoms with Crippen LogP contribution in [0.5, 0.6) is 0 Å². The molecule has 112 valence electrons. The molecule has 2 aromatic carbocycles. The number of halogens is 1. The molecule has 1 fully saturated rings. The lowest BCUT2D eigenvalue weighted by Crippen LogP contribution is -2.34. The van der Waals surface area contributed by atoms with Crippen LogP contribution in [0.25, 0.3) is 0 Å². The number of carbonyl (C=O) groups is 2. The van der Waals surface area contributed by atoms with E-state index in [1.54, 1.807) is 30.3 Å². The minimum absolute atomic E-state index is 0.343. The summed E-state index contributed by atoms with van der Waals surface area (Å²) in [6.07, 6.45) is 0. The summed E-state index contributed by atoms with van der Waals surface area (Å²) < 4.78 is 13.2. The van der Waals surface area contributed by atoms with Crippen LogP contribution in [-0.2, 0) is 4.79 Å². The standard InChI is InChI=1S/C16H13FN2O2S/c1-10-4-2-7-13(8-10)19-15(20)14(22-16(19)21)18-12-6-3-5-11(17)9-12/h2-9,14,18H,1H3/t14-/m1/s1.